The molecular weight excluding hydrogens is 392 g/mol. The van der Waals surface area contributed by atoms with E-state index in [1.807, 2.05) is 25.2 Å². The molecule has 1 fully saturated rings. The van der Waals surface area contributed by atoms with Crippen LogP contribution >= 0.6 is 0 Å². The summed E-state index contributed by atoms with van der Waals surface area (Å²) in [5.41, 5.74) is 0.771. The Kier molecular flexibility index (Phi) is 9.47. The van der Waals surface area contributed by atoms with Crippen molar-refractivity contribution >= 4 is 5.91 Å². The molecule has 1 amide bonds. The van der Waals surface area contributed by atoms with E-state index in [0.717, 1.165) is 31.5 Å². The summed E-state index contributed by atoms with van der Waals surface area (Å²) in [7, 11) is 1.85. The molecule has 0 aromatic heterocycles. The van der Waals surface area contributed by atoms with Crippen LogP contribution in [-0.2, 0) is 4.79 Å². The summed E-state index contributed by atoms with van der Waals surface area (Å²) in [4.78, 5) is 17.1. The molecule has 174 valence electrons. The van der Waals surface area contributed by atoms with Crippen molar-refractivity contribution in [3.05, 3.63) is 23.8 Å². The van der Waals surface area contributed by atoms with Crippen molar-refractivity contribution in [2.45, 2.75) is 76.9 Å². The highest BCUT2D eigenvalue weighted by Crippen LogP contribution is 2.34. The van der Waals surface area contributed by atoms with Gasteiger partial charge >= 0.3 is 0 Å². The molecule has 31 heavy (non-hydrogen) atoms. The quantitative estimate of drug-likeness (QED) is 0.503. The molecule has 1 aromatic rings. The van der Waals surface area contributed by atoms with E-state index in [-0.39, 0.29) is 11.9 Å². The van der Waals surface area contributed by atoms with Crippen LogP contribution in [-0.4, -0.2) is 66.8 Å². The Hall–Kier alpha value is -1.79. The van der Waals surface area contributed by atoms with Crippen molar-refractivity contribution in [1.29, 1.82) is 0 Å². The fourth-order valence-corrected chi connectivity index (χ4v) is 4.55. The second-order valence-corrected chi connectivity index (χ2v) is 8.95. The van der Waals surface area contributed by atoms with Gasteiger partial charge in [-0.3, -0.25) is 4.79 Å². The van der Waals surface area contributed by atoms with Crippen LogP contribution in [0.15, 0.2) is 18.2 Å². The predicted molar refractivity (Wildman–Crippen MR) is 123 cm³/mol. The third kappa shape index (κ3) is 6.84. The standard InChI is InChI=1S/C25H40N2O4/c1-3-4-5-6-7-8-11-24(28)26(2)21(19-27-14-9-10-15-27)25(29)20-12-13-22-23(18-20)31-17-16-30-22/h12-13,18,21,25,29H,3-11,14-17,19H2,1-2H3/t21-,25-/m1/s1. The number of ether oxygens (including phenoxy) is 2. The summed E-state index contributed by atoms with van der Waals surface area (Å²) < 4.78 is 11.3. The lowest BCUT2D eigenvalue weighted by Gasteiger charge is -2.35. The van der Waals surface area contributed by atoms with Crippen molar-refractivity contribution in [3.8, 4) is 11.5 Å². The zero-order valence-electron chi connectivity index (χ0n) is 19.4. The number of hydrogen-bond donors (Lipinski definition) is 1. The summed E-state index contributed by atoms with van der Waals surface area (Å²) in [5.74, 6) is 1.51. The molecule has 6 nitrogen and oxygen atoms in total. The third-order valence-electron chi connectivity index (χ3n) is 6.55. The first-order valence-corrected chi connectivity index (χ1v) is 12.2. The maximum absolute atomic E-state index is 13.0. The molecule has 0 spiro atoms. The Balaban J connectivity index is 1.64. The molecule has 1 aromatic carbocycles. The number of carbonyl (C=O) groups excluding carboxylic acids is 1. The number of likely N-dealkylation sites (tertiary alicyclic amines) is 1. The molecule has 2 heterocycles. The highest BCUT2D eigenvalue weighted by molar-refractivity contribution is 5.76. The number of hydrogen-bond acceptors (Lipinski definition) is 5. The summed E-state index contributed by atoms with van der Waals surface area (Å²) in [6, 6.07) is 5.33. The van der Waals surface area contributed by atoms with Crippen molar-refractivity contribution in [3.63, 3.8) is 0 Å². The molecule has 0 bridgehead atoms. The number of unbranched alkanes of at least 4 members (excludes halogenated alkanes) is 5. The molecule has 1 N–H and O–H groups in total. The first-order chi connectivity index (χ1) is 15.1. The van der Waals surface area contributed by atoms with E-state index in [1.54, 1.807) is 4.90 Å². The summed E-state index contributed by atoms with van der Waals surface area (Å²) >= 11 is 0. The van der Waals surface area contributed by atoms with Crippen LogP contribution in [0, 0.1) is 0 Å². The van der Waals surface area contributed by atoms with Crippen LogP contribution in [0.25, 0.3) is 0 Å². The zero-order chi connectivity index (χ0) is 22.1. The molecule has 2 aliphatic rings. The van der Waals surface area contributed by atoms with Gasteiger partial charge in [0.25, 0.3) is 0 Å². The number of fused-ring (bicyclic) bond motifs is 1. The lowest BCUT2D eigenvalue weighted by atomic mass is 9.99. The van der Waals surface area contributed by atoms with Crippen molar-refractivity contribution < 1.29 is 19.4 Å². The van der Waals surface area contributed by atoms with E-state index in [4.69, 9.17) is 9.47 Å². The Labute approximate surface area is 187 Å². The second-order valence-electron chi connectivity index (χ2n) is 8.95. The molecule has 0 radical (unpaired) electrons. The van der Waals surface area contributed by atoms with Gasteiger partial charge in [0.1, 0.15) is 19.3 Å². The SMILES string of the molecule is CCCCCCCCC(=O)N(C)[C@H](CN1CCCC1)[C@H](O)c1ccc2c(c1)OCCO2. The van der Waals surface area contributed by atoms with Gasteiger partial charge in [-0.25, -0.2) is 0 Å². The van der Waals surface area contributed by atoms with Crippen LogP contribution in [0.1, 0.15) is 76.4 Å². The number of aliphatic hydroxyl groups excluding tert-OH is 1. The van der Waals surface area contributed by atoms with Gasteiger partial charge in [0.2, 0.25) is 5.91 Å². The highest BCUT2D eigenvalue weighted by Gasteiger charge is 2.31. The van der Waals surface area contributed by atoms with E-state index in [1.165, 1.54) is 38.5 Å². The van der Waals surface area contributed by atoms with Crippen LogP contribution in [0.4, 0.5) is 0 Å². The van der Waals surface area contributed by atoms with Crippen molar-refractivity contribution in [2.75, 3.05) is 39.9 Å². The zero-order valence-corrected chi connectivity index (χ0v) is 19.4. The van der Waals surface area contributed by atoms with Crippen molar-refractivity contribution in [1.82, 2.24) is 9.80 Å². The molecule has 6 heteroatoms. The molecular formula is C25H40N2O4. The van der Waals surface area contributed by atoms with Gasteiger partial charge in [0, 0.05) is 20.0 Å². The predicted octanol–water partition coefficient (Wildman–Crippen LogP) is 4.16. The molecule has 0 saturated carbocycles. The Morgan fingerprint density at radius 1 is 1.06 bits per heavy atom. The topological polar surface area (TPSA) is 62.2 Å². The number of aliphatic hydroxyl groups is 1. The average molecular weight is 433 g/mol. The van der Waals surface area contributed by atoms with Gasteiger partial charge in [-0.15, -0.1) is 0 Å². The highest BCUT2D eigenvalue weighted by atomic mass is 16.6. The lowest BCUT2D eigenvalue weighted by Crippen LogP contribution is -2.47. The number of likely N-dealkylation sites (N-methyl/N-ethyl adjacent to an activating group) is 1. The minimum Gasteiger partial charge on any atom is -0.486 e. The normalized spacial score (nSPS) is 18.0. The lowest BCUT2D eigenvalue weighted by molar-refractivity contribution is -0.135. The molecule has 1 saturated heterocycles. The number of amides is 1. The summed E-state index contributed by atoms with van der Waals surface area (Å²) in [6.45, 7) is 6.02. The van der Waals surface area contributed by atoms with Gasteiger partial charge in [-0.05, 0) is 50.0 Å². The first kappa shape index (κ1) is 23.9. The Bertz CT molecular complexity index is 690. The summed E-state index contributed by atoms with van der Waals surface area (Å²) in [6.07, 6.45) is 9.12. The van der Waals surface area contributed by atoms with E-state index in [9.17, 15) is 9.90 Å². The fraction of sp³-hybridized carbons (Fsp3) is 0.720. The molecule has 0 aliphatic carbocycles. The fourth-order valence-electron chi connectivity index (χ4n) is 4.55. The number of rotatable bonds is 12. The molecule has 3 rings (SSSR count). The Morgan fingerprint density at radius 2 is 1.74 bits per heavy atom. The Morgan fingerprint density at radius 3 is 2.48 bits per heavy atom. The smallest absolute Gasteiger partial charge is 0.222 e. The molecule has 0 unspecified atom stereocenters. The second kappa shape index (κ2) is 12.3. The van der Waals surface area contributed by atoms with Gasteiger partial charge < -0.3 is 24.4 Å². The van der Waals surface area contributed by atoms with Crippen LogP contribution < -0.4 is 9.47 Å². The van der Waals surface area contributed by atoms with Gasteiger partial charge in [-0.1, -0.05) is 45.1 Å². The van der Waals surface area contributed by atoms with E-state index < -0.39 is 6.10 Å². The first-order valence-electron chi connectivity index (χ1n) is 12.2. The van der Waals surface area contributed by atoms with Gasteiger partial charge in [0.15, 0.2) is 11.5 Å². The van der Waals surface area contributed by atoms with Crippen LogP contribution in [0.2, 0.25) is 0 Å². The van der Waals surface area contributed by atoms with E-state index >= 15 is 0 Å². The largest absolute Gasteiger partial charge is 0.486 e. The van der Waals surface area contributed by atoms with Crippen LogP contribution in [0.5, 0.6) is 11.5 Å². The van der Waals surface area contributed by atoms with Crippen LogP contribution in [0.3, 0.4) is 0 Å². The number of carbonyl (C=O) groups is 1. The minimum absolute atomic E-state index is 0.122. The number of benzene rings is 1. The van der Waals surface area contributed by atoms with E-state index in [2.05, 4.69) is 11.8 Å². The maximum Gasteiger partial charge on any atom is 0.222 e. The average Bonchev–Trinajstić information content (AvgIpc) is 3.31. The molecule has 2 aliphatic heterocycles. The molecule has 2 atom stereocenters. The minimum atomic E-state index is -0.769. The van der Waals surface area contributed by atoms with Gasteiger partial charge in [0.05, 0.1) is 6.04 Å². The monoisotopic (exact) mass is 432 g/mol. The van der Waals surface area contributed by atoms with E-state index in [0.29, 0.717) is 37.7 Å². The van der Waals surface area contributed by atoms with Gasteiger partial charge in [-0.2, -0.15) is 0 Å². The number of nitrogens with zero attached hydrogens (tertiary/aromatic N) is 2. The maximum atomic E-state index is 13.0. The third-order valence-corrected chi connectivity index (χ3v) is 6.55. The van der Waals surface area contributed by atoms with Crippen molar-refractivity contribution in [2.24, 2.45) is 0 Å². The summed E-state index contributed by atoms with van der Waals surface area (Å²) in [5, 5.41) is 11.3.